The Morgan fingerprint density at radius 3 is 2.24 bits per heavy atom. The van der Waals surface area contributed by atoms with Gasteiger partial charge in [-0.15, -0.1) is 0 Å². The molecule has 0 aromatic heterocycles. The molecule has 1 atom stereocenters. The predicted octanol–water partition coefficient (Wildman–Crippen LogP) is -1.01. The molecule has 0 aromatic carbocycles. The molecular formula is C7H12NO8P. The lowest BCUT2D eigenvalue weighted by molar-refractivity contribution is -0.141. The minimum absolute atomic E-state index is 0.326. The number of carboxylic acids is 1. The fourth-order valence-electron chi connectivity index (χ4n) is 0.943. The maximum atomic E-state index is 11.2. The quantitative estimate of drug-likeness (QED) is 0.448. The topological polar surface area (TPSA) is 150 Å². The van der Waals surface area contributed by atoms with E-state index < -0.39 is 38.1 Å². The summed E-state index contributed by atoms with van der Waals surface area (Å²) < 4.78 is 14.1. The molecule has 0 heterocycles. The summed E-state index contributed by atoms with van der Waals surface area (Å²) in [5.74, 6) is -3.25. The molecule has 10 heteroatoms. The van der Waals surface area contributed by atoms with E-state index in [0.29, 0.717) is 0 Å². The highest BCUT2D eigenvalue weighted by molar-refractivity contribution is 7.46. The Hall–Kier alpha value is -1.44. The Balaban J connectivity index is 4.55. The van der Waals surface area contributed by atoms with Gasteiger partial charge in [-0.05, 0) is 6.42 Å². The summed E-state index contributed by atoms with van der Waals surface area (Å²) in [7, 11) is -5.01. The van der Waals surface area contributed by atoms with E-state index in [1.165, 1.54) is 0 Å². The second-order valence-electron chi connectivity index (χ2n) is 3.09. The summed E-state index contributed by atoms with van der Waals surface area (Å²) in [5.41, 5.74) is 0. The first kappa shape index (κ1) is 15.6. The summed E-state index contributed by atoms with van der Waals surface area (Å²) in [6.45, 7) is 1.07. The van der Waals surface area contributed by atoms with E-state index in [9.17, 15) is 18.9 Å². The first-order chi connectivity index (χ1) is 7.61. The van der Waals surface area contributed by atoms with Crippen molar-refractivity contribution in [3.63, 3.8) is 0 Å². The number of phosphoric acid groups is 1. The van der Waals surface area contributed by atoms with E-state index >= 15 is 0 Å². The van der Waals surface area contributed by atoms with Crippen LogP contribution in [0, 0.1) is 0 Å². The van der Waals surface area contributed by atoms with Crippen LogP contribution in [-0.2, 0) is 23.5 Å². The third-order valence-electron chi connectivity index (χ3n) is 1.52. The van der Waals surface area contributed by atoms with Crippen molar-refractivity contribution >= 4 is 25.7 Å². The van der Waals surface area contributed by atoms with Gasteiger partial charge in [-0.1, -0.05) is 0 Å². The summed E-state index contributed by atoms with van der Waals surface area (Å²) >= 11 is 0. The van der Waals surface area contributed by atoms with E-state index in [4.69, 9.17) is 14.9 Å². The third-order valence-corrected chi connectivity index (χ3v) is 1.94. The van der Waals surface area contributed by atoms with Crippen LogP contribution in [0.1, 0.15) is 19.8 Å². The Morgan fingerprint density at radius 1 is 1.35 bits per heavy atom. The maximum Gasteiger partial charge on any atom is 0.527 e. The van der Waals surface area contributed by atoms with Crippen molar-refractivity contribution in [3.8, 4) is 0 Å². The molecule has 0 fully saturated rings. The Bertz CT molecular complexity index is 361. The van der Waals surface area contributed by atoms with Gasteiger partial charge in [0.05, 0.1) is 0 Å². The van der Waals surface area contributed by atoms with Crippen LogP contribution in [0.15, 0.2) is 0 Å². The molecule has 9 nitrogen and oxygen atoms in total. The van der Waals surface area contributed by atoms with Gasteiger partial charge in [0.1, 0.15) is 6.04 Å². The SMILES string of the molecule is CC(=O)N[C@@H](CCC(=O)O)C(=O)OP(=O)(O)O. The van der Waals surface area contributed by atoms with Gasteiger partial charge in [-0.3, -0.25) is 19.4 Å². The molecular weight excluding hydrogens is 257 g/mol. The lowest BCUT2D eigenvalue weighted by Crippen LogP contribution is -2.40. The maximum absolute atomic E-state index is 11.2. The molecule has 1 amide bonds. The van der Waals surface area contributed by atoms with Gasteiger partial charge in [-0.25, -0.2) is 9.36 Å². The highest BCUT2D eigenvalue weighted by atomic mass is 31.2. The number of carbonyl (C=O) groups is 3. The zero-order valence-corrected chi connectivity index (χ0v) is 9.72. The molecule has 0 aliphatic rings. The fourth-order valence-corrected chi connectivity index (χ4v) is 1.30. The molecule has 0 aromatic rings. The van der Waals surface area contributed by atoms with E-state index in [0.717, 1.165) is 6.92 Å². The molecule has 0 aliphatic carbocycles. The first-order valence-electron chi connectivity index (χ1n) is 4.39. The van der Waals surface area contributed by atoms with Crippen molar-refractivity contribution in [1.82, 2.24) is 5.32 Å². The fraction of sp³-hybridized carbons (Fsp3) is 0.571. The van der Waals surface area contributed by atoms with Crippen LogP contribution in [0.2, 0.25) is 0 Å². The first-order valence-corrected chi connectivity index (χ1v) is 5.92. The highest BCUT2D eigenvalue weighted by Gasteiger charge is 2.28. The molecule has 0 saturated carbocycles. The number of carbonyl (C=O) groups excluding carboxylic acids is 2. The van der Waals surface area contributed by atoms with Gasteiger partial charge in [-0.2, -0.15) is 0 Å². The summed E-state index contributed by atoms with van der Waals surface area (Å²) in [6, 6.07) is -1.41. The zero-order valence-electron chi connectivity index (χ0n) is 8.82. The van der Waals surface area contributed by atoms with Crippen LogP contribution < -0.4 is 5.32 Å². The number of nitrogens with one attached hydrogen (secondary N) is 1. The normalized spacial score (nSPS) is 12.6. The average molecular weight is 269 g/mol. The predicted molar refractivity (Wildman–Crippen MR) is 52.6 cm³/mol. The number of hydrogen-bond donors (Lipinski definition) is 4. The minimum atomic E-state index is -5.01. The van der Waals surface area contributed by atoms with E-state index in [-0.39, 0.29) is 6.42 Å². The smallest absolute Gasteiger partial charge is 0.481 e. The zero-order chi connectivity index (χ0) is 13.6. The highest BCUT2D eigenvalue weighted by Crippen LogP contribution is 2.36. The van der Waals surface area contributed by atoms with Gasteiger partial charge in [0.15, 0.2) is 0 Å². The molecule has 0 saturated heterocycles. The van der Waals surface area contributed by atoms with Gasteiger partial charge in [0, 0.05) is 13.3 Å². The van der Waals surface area contributed by atoms with Crippen LogP contribution in [-0.4, -0.2) is 38.8 Å². The van der Waals surface area contributed by atoms with Crippen LogP contribution in [0.25, 0.3) is 0 Å². The van der Waals surface area contributed by atoms with Crippen molar-refractivity contribution in [2.24, 2.45) is 0 Å². The number of hydrogen-bond acceptors (Lipinski definition) is 5. The number of amides is 1. The molecule has 0 aliphatic heterocycles. The summed E-state index contributed by atoms with van der Waals surface area (Å²) in [6.07, 6.45) is -0.783. The van der Waals surface area contributed by atoms with Crippen molar-refractivity contribution in [1.29, 1.82) is 0 Å². The van der Waals surface area contributed by atoms with Gasteiger partial charge >= 0.3 is 19.8 Å². The summed E-state index contributed by atoms with van der Waals surface area (Å²) in [4.78, 5) is 48.9. The van der Waals surface area contributed by atoms with Crippen LogP contribution in [0.3, 0.4) is 0 Å². The molecule has 0 unspecified atom stereocenters. The molecule has 0 spiro atoms. The monoisotopic (exact) mass is 269 g/mol. The Labute approximate surface area is 96.0 Å². The molecule has 0 bridgehead atoms. The molecule has 98 valence electrons. The van der Waals surface area contributed by atoms with Gasteiger partial charge in [0.25, 0.3) is 0 Å². The van der Waals surface area contributed by atoms with Gasteiger partial charge < -0.3 is 14.9 Å². The van der Waals surface area contributed by atoms with E-state index in [1.807, 2.05) is 5.32 Å². The van der Waals surface area contributed by atoms with Crippen LogP contribution in [0.4, 0.5) is 0 Å². The number of phosphoric ester groups is 1. The van der Waals surface area contributed by atoms with Crippen molar-refractivity contribution < 1.29 is 38.4 Å². The second-order valence-corrected chi connectivity index (χ2v) is 4.25. The van der Waals surface area contributed by atoms with E-state index in [2.05, 4.69) is 4.52 Å². The number of carboxylic acid groups (broad SMARTS) is 1. The average Bonchev–Trinajstić information content (AvgIpc) is 2.08. The lowest BCUT2D eigenvalue weighted by Gasteiger charge is -2.15. The van der Waals surface area contributed by atoms with Crippen molar-refractivity contribution in [2.45, 2.75) is 25.8 Å². The second kappa shape index (κ2) is 6.33. The van der Waals surface area contributed by atoms with E-state index in [1.54, 1.807) is 0 Å². The Kier molecular flexibility index (Phi) is 5.80. The Morgan fingerprint density at radius 2 is 1.88 bits per heavy atom. The molecule has 17 heavy (non-hydrogen) atoms. The standard InChI is InChI=1S/C7H12NO8P/c1-4(9)8-5(2-3-6(10)11)7(12)16-17(13,14)15/h5H,2-3H2,1H3,(H,8,9)(H,10,11)(H2,13,14,15)/t5-/m0/s1. The molecule has 0 rings (SSSR count). The molecule has 4 N–H and O–H groups in total. The number of rotatable bonds is 6. The van der Waals surface area contributed by atoms with Crippen LogP contribution >= 0.6 is 7.82 Å². The van der Waals surface area contributed by atoms with Crippen molar-refractivity contribution in [2.75, 3.05) is 0 Å². The largest absolute Gasteiger partial charge is 0.527 e. The van der Waals surface area contributed by atoms with Crippen LogP contribution in [0.5, 0.6) is 0 Å². The molecule has 0 radical (unpaired) electrons. The minimum Gasteiger partial charge on any atom is -0.481 e. The van der Waals surface area contributed by atoms with Crippen molar-refractivity contribution in [3.05, 3.63) is 0 Å². The van der Waals surface area contributed by atoms with Gasteiger partial charge in [0.2, 0.25) is 5.91 Å². The third kappa shape index (κ3) is 8.38. The number of aliphatic carboxylic acids is 1. The summed E-state index contributed by atoms with van der Waals surface area (Å²) in [5, 5.41) is 10.4. The lowest BCUT2D eigenvalue weighted by atomic mass is 10.1.